The van der Waals surface area contributed by atoms with E-state index < -0.39 is 13.4 Å². The summed E-state index contributed by atoms with van der Waals surface area (Å²) in [7, 11) is -3.72. The third-order valence-electron chi connectivity index (χ3n) is 2.06. The second-order valence-electron chi connectivity index (χ2n) is 3.30. The van der Waals surface area contributed by atoms with Crippen LogP contribution in [-0.4, -0.2) is 17.1 Å². The zero-order valence-corrected chi connectivity index (χ0v) is 7.80. The summed E-state index contributed by atoms with van der Waals surface area (Å²) < 4.78 is 20.3. The molecule has 4 nitrogen and oxygen atoms in total. The number of phosphoric acid groups is 1. The monoisotopic (exact) mass is 180 g/mol. The van der Waals surface area contributed by atoms with Crippen molar-refractivity contribution in [2.24, 2.45) is 5.92 Å². The molecule has 11 heavy (non-hydrogen) atoms. The highest BCUT2D eigenvalue weighted by Crippen LogP contribution is 2.55. The Kier molecular flexibility index (Phi) is 2.14. The van der Waals surface area contributed by atoms with Crippen molar-refractivity contribution >= 4 is 7.82 Å². The van der Waals surface area contributed by atoms with Crippen molar-refractivity contribution in [2.45, 2.75) is 26.4 Å². The van der Waals surface area contributed by atoms with Gasteiger partial charge in [-0.25, -0.2) is 4.57 Å². The first kappa shape index (κ1) is 9.20. The molecule has 1 aliphatic heterocycles. The van der Waals surface area contributed by atoms with Gasteiger partial charge in [0.1, 0.15) is 5.60 Å². The van der Waals surface area contributed by atoms with Gasteiger partial charge in [-0.2, -0.15) is 0 Å². The van der Waals surface area contributed by atoms with Crippen LogP contribution in [0.4, 0.5) is 0 Å². The molecule has 5 heteroatoms. The molecule has 1 saturated heterocycles. The van der Waals surface area contributed by atoms with Crippen molar-refractivity contribution < 1.29 is 18.5 Å². The van der Waals surface area contributed by atoms with Crippen molar-refractivity contribution in [3.05, 3.63) is 0 Å². The predicted molar refractivity (Wildman–Crippen MR) is 40.1 cm³/mol. The average Bonchev–Trinajstić information content (AvgIpc) is 2.08. The lowest BCUT2D eigenvalue weighted by Crippen LogP contribution is -2.33. The maximum absolute atomic E-state index is 10.8. The van der Waals surface area contributed by atoms with Gasteiger partial charge in [-0.15, -0.1) is 0 Å². The van der Waals surface area contributed by atoms with E-state index in [0.717, 1.165) is 0 Å². The minimum absolute atomic E-state index is 0.172. The summed E-state index contributed by atoms with van der Waals surface area (Å²) in [5.41, 5.74) is -0.607. The van der Waals surface area contributed by atoms with Crippen LogP contribution in [0.5, 0.6) is 0 Å². The van der Waals surface area contributed by atoms with E-state index in [1.165, 1.54) is 0 Å². The Morgan fingerprint density at radius 3 is 2.36 bits per heavy atom. The van der Waals surface area contributed by atoms with Gasteiger partial charge >= 0.3 is 7.82 Å². The largest absolute Gasteiger partial charge is 0.472 e. The Morgan fingerprint density at radius 2 is 2.18 bits per heavy atom. The number of phosphoric ester groups is 1. The fourth-order valence-electron chi connectivity index (χ4n) is 0.798. The molecular weight excluding hydrogens is 167 g/mol. The van der Waals surface area contributed by atoms with Crippen molar-refractivity contribution in [3.8, 4) is 0 Å². The van der Waals surface area contributed by atoms with Gasteiger partial charge in [-0.1, -0.05) is 13.8 Å². The summed E-state index contributed by atoms with van der Waals surface area (Å²) in [6, 6.07) is 0. The summed E-state index contributed by atoms with van der Waals surface area (Å²) in [6.45, 7) is 5.81. The van der Waals surface area contributed by atoms with E-state index in [9.17, 15) is 4.57 Å². The molecule has 0 saturated carbocycles. The molecule has 0 spiro atoms. The smallest absolute Gasteiger partial charge is 0.302 e. The van der Waals surface area contributed by atoms with E-state index in [0.29, 0.717) is 0 Å². The van der Waals surface area contributed by atoms with Crippen LogP contribution in [0.25, 0.3) is 0 Å². The highest BCUT2D eigenvalue weighted by molar-refractivity contribution is 7.47. The van der Waals surface area contributed by atoms with Crippen molar-refractivity contribution in [2.75, 3.05) is 6.61 Å². The minimum atomic E-state index is -3.72. The van der Waals surface area contributed by atoms with Crippen LogP contribution >= 0.6 is 7.82 Å². The number of rotatable bonds is 1. The molecule has 0 bridgehead atoms. The van der Waals surface area contributed by atoms with Gasteiger partial charge in [0.05, 0.1) is 6.61 Å². The predicted octanol–water partition coefficient (Wildman–Crippen LogP) is 1.55. The second-order valence-corrected chi connectivity index (χ2v) is 4.68. The molecule has 1 aliphatic rings. The van der Waals surface area contributed by atoms with Gasteiger partial charge in [-0.3, -0.25) is 9.05 Å². The summed E-state index contributed by atoms with van der Waals surface area (Å²) in [4.78, 5) is 8.89. The van der Waals surface area contributed by atoms with E-state index >= 15 is 0 Å². The molecule has 0 aromatic heterocycles. The molecule has 0 radical (unpaired) electrons. The molecule has 0 amide bonds. The van der Waals surface area contributed by atoms with E-state index in [-0.39, 0.29) is 12.5 Å². The zero-order chi connectivity index (χ0) is 8.70. The molecule has 1 fully saturated rings. The highest BCUT2D eigenvalue weighted by Gasteiger charge is 2.46. The van der Waals surface area contributed by atoms with Crippen LogP contribution in [0.3, 0.4) is 0 Å². The number of hydrogen-bond acceptors (Lipinski definition) is 3. The van der Waals surface area contributed by atoms with E-state index in [4.69, 9.17) is 9.42 Å². The third kappa shape index (κ3) is 1.82. The Bertz CT molecular complexity index is 203. The van der Waals surface area contributed by atoms with Gasteiger partial charge in [-0.05, 0) is 12.8 Å². The maximum atomic E-state index is 10.8. The van der Waals surface area contributed by atoms with Crippen molar-refractivity contribution in [1.82, 2.24) is 0 Å². The van der Waals surface area contributed by atoms with Gasteiger partial charge < -0.3 is 4.89 Å². The number of hydrogen-bond donors (Lipinski definition) is 1. The molecule has 0 aliphatic carbocycles. The van der Waals surface area contributed by atoms with Gasteiger partial charge in [0.2, 0.25) is 0 Å². The molecule has 2 atom stereocenters. The molecule has 66 valence electrons. The first-order valence-corrected chi connectivity index (χ1v) is 5.03. The quantitative estimate of drug-likeness (QED) is 0.622. The molecular formula is C6H13O4P. The normalized spacial score (nSPS) is 45.2. The third-order valence-corrected chi connectivity index (χ3v) is 3.16. The zero-order valence-electron chi connectivity index (χ0n) is 6.90. The highest BCUT2D eigenvalue weighted by atomic mass is 31.2. The summed E-state index contributed by atoms with van der Waals surface area (Å²) in [6.07, 6.45) is 0. The molecule has 0 aromatic carbocycles. The molecule has 2 unspecified atom stereocenters. The topological polar surface area (TPSA) is 55.8 Å². The summed E-state index contributed by atoms with van der Waals surface area (Å²) in [5.74, 6) is 0.172. The fraction of sp³-hybridized carbons (Fsp3) is 1.00. The Hall–Kier alpha value is 0.110. The Labute approximate surface area is 66.1 Å². The van der Waals surface area contributed by atoms with Gasteiger partial charge in [0.15, 0.2) is 0 Å². The minimum Gasteiger partial charge on any atom is -0.302 e. The van der Waals surface area contributed by atoms with Crippen LogP contribution in [0.1, 0.15) is 20.8 Å². The van der Waals surface area contributed by atoms with Gasteiger partial charge in [0, 0.05) is 0 Å². The summed E-state index contributed by atoms with van der Waals surface area (Å²) >= 11 is 0. The van der Waals surface area contributed by atoms with E-state index in [2.05, 4.69) is 4.52 Å². The van der Waals surface area contributed by atoms with Crippen molar-refractivity contribution in [3.63, 3.8) is 0 Å². The lowest BCUT2D eigenvalue weighted by Gasteiger charge is -2.24. The van der Waals surface area contributed by atoms with E-state index in [1.54, 1.807) is 6.92 Å². The fourth-order valence-corrected chi connectivity index (χ4v) is 2.06. The van der Waals surface area contributed by atoms with Gasteiger partial charge in [0.25, 0.3) is 0 Å². The molecule has 1 rings (SSSR count). The lowest BCUT2D eigenvalue weighted by atomic mass is 9.94. The van der Waals surface area contributed by atoms with Crippen LogP contribution in [0, 0.1) is 5.92 Å². The van der Waals surface area contributed by atoms with Crippen LogP contribution in [0.2, 0.25) is 0 Å². The lowest BCUT2D eigenvalue weighted by molar-refractivity contribution is 0.0574. The standard InChI is InChI=1S/C6H13O4P/c1-5(2)6(3)4-9-11(7,8)10-6/h5H,4H2,1-3H3,(H,7,8). The first-order valence-electron chi connectivity index (χ1n) is 3.54. The van der Waals surface area contributed by atoms with Crippen LogP contribution in [0.15, 0.2) is 0 Å². The maximum Gasteiger partial charge on any atom is 0.472 e. The molecule has 1 heterocycles. The van der Waals surface area contributed by atoms with Crippen LogP contribution in [-0.2, 0) is 13.6 Å². The first-order chi connectivity index (χ1) is 4.86. The average molecular weight is 180 g/mol. The van der Waals surface area contributed by atoms with Crippen LogP contribution < -0.4 is 0 Å². The molecule has 1 N–H and O–H groups in total. The van der Waals surface area contributed by atoms with E-state index in [1.807, 2.05) is 13.8 Å². The Balaban J connectivity index is 2.73. The van der Waals surface area contributed by atoms with Crippen molar-refractivity contribution in [1.29, 1.82) is 0 Å². The second kappa shape index (κ2) is 2.56. The SMILES string of the molecule is CC(C)C1(C)COP(=O)(O)O1. The molecule has 0 aromatic rings. The Morgan fingerprint density at radius 1 is 1.64 bits per heavy atom. The summed E-state index contributed by atoms with van der Waals surface area (Å²) in [5, 5.41) is 0.